The van der Waals surface area contributed by atoms with Crippen LogP contribution in [0, 0.1) is 5.92 Å². The average molecular weight is 255 g/mol. The lowest BCUT2D eigenvalue weighted by Crippen LogP contribution is -2.33. The fourth-order valence-electron chi connectivity index (χ4n) is 2.15. The van der Waals surface area contributed by atoms with Crippen LogP contribution in [-0.4, -0.2) is 23.4 Å². The van der Waals surface area contributed by atoms with Gasteiger partial charge in [-0.15, -0.1) is 0 Å². The maximum absolute atomic E-state index is 11.6. The number of ether oxygens (including phenoxy) is 1. The van der Waals surface area contributed by atoms with E-state index in [2.05, 4.69) is 5.32 Å². The van der Waals surface area contributed by atoms with Crippen LogP contribution in [0.3, 0.4) is 0 Å². The van der Waals surface area contributed by atoms with E-state index in [1.807, 2.05) is 26.8 Å². The quantitative estimate of drug-likeness (QED) is 0.815. The molecule has 0 heterocycles. The highest BCUT2D eigenvalue weighted by Crippen LogP contribution is 2.25. The zero-order chi connectivity index (χ0) is 13.6. The maximum Gasteiger partial charge on any atom is 0.411 e. The zero-order valence-electron chi connectivity index (χ0n) is 11.7. The second-order valence-corrected chi connectivity index (χ2v) is 5.88. The van der Waals surface area contributed by atoms with Crippen LogP contribution in [0.5, 0.6) is 0 Å². The first kappa shape index (κ1) is 15.0. The molecule has 0 saturated heterocycles. The van der Waals surface area contributed by atoms with E-state index in [1.165, 1.54) is 19.3 Å². The van der Waals surface area contributed by atoms with Crippen molar-refractivity contribution in [1.29, 1.82) is 0 Å². The van der Waals surface area contributed by atoms with Gasteiger partial charge in [-0.25, -0.2) is 4.79 Å². The Balaban J connectivity index is 2.50. The fraction of sp³-hybridized carbons (Fsp3) is 0.786. The standard InChI is InChI=1S/C14H25NO3/c1-14(2,3)18-13(17)15-12(10-16)9-11-7-5-4-6-8-11/h9,11,16H,4-8,10H2,1-3H3,(H,15,17)/b12-9+. The first-order valence-electron chi connectivity index (χ1n) is 6.72. The third-order valence-electron chi connectivity index (χ3n) is 2.92. The third kappa shape index (κ3) is 6.05. The van der Waals surface area contributed by atoms with Gasteiger partial charge in [0.1, 0.15) is 5.60 Å². The van der Waals surface area contributed by atoms with Gasteiger partial charge < -0.3 is 9.84 Å². The first-order valence-corrected chi connectivity index (χ1v) is 6.72. The number of aliphatic hydroxyl groups is 1. The van der Waals surface area contributed by atoms with Crippen molar-refractivity contribution in [3.8, 4) is 0 Å². The molecule has 4 heteroatoms. The van der Waals surface area contributed by atoms with Crippen LogP contribution in [0.2, 0.25) is 0 Å². The number of hydrogen-bond acceptors (Lipinski definition) is 3. The molecule has 1 fully saturated rings. The Labute approximate surface area is 109 Å². The van der Waals surface area contributed by atoms with Crippen LogP contribution in [0.15, 0.2) is 11.8 Å². The van der Waals surface area contributed by atoms with Crippen molar-refractivity contribution in [2.75, 3.05) is 6.61 Å². The molecular weight excluding hydrogens is 230 g/mol. The maximum atomic E-state index is 11.6. The second kappa shape index (κ2) is 6.78. The Bertz CT molecular complexity index is 299. The lowest BCUT2D eigenvalue weighted by molar-refractivity contribution is 0.0538. The van der Waals surface area contributed by atoms with Crippen LogP contribution in [0.1, 0.15) is 52.9 Å². The Kier molecular flexibility index (Phi) is 5.66. The number of rotatable bonds is 3. The summed E-state index contributed by atoms with van der Waals surface area (Å²) in [6, 6.07) is 0. The molecule has 0 unspecified atom stereocenters. The number of allylic oxidation sites excluding steroid dienone is 1. The van der Waals surface area contributed by atoms with Gasteiger partial charge in [0.15, 0.2) is 0 Å². The normalized spacial score (nSPS) is 18.6. The Morgan fingerprint density at radius 3 is 2.44 bits per heavy atom. The molecule has 1 rings (SSSR count). The van der Waals surface area contributed by atoms with Crippen molar-refractivity contribution in [3.63, 3.8) is 0 Å². The fourth-order valence-corrected chi connectivity index (χ4v) is 2.15. The molecule has 0 bridgehead atoms. The number of carbonyl (C=O) groups is 1. The van der Waals surface area contributed by atoms with Gasteiger partial charge in [-0.3, -0.25) is 5.32 Å². The lowest BCUT2D eigenvalue weighted by atomic mass is 9.89. The van der Waals surface area contributed by atoms with Gasteiger partial charge in [-0.1, -0.05) is 25.3 Å². The van der Waals surface area contributed by atoms with Gasteiger partial charge in [0, 0.05) is 5.70 Å². The first-order chi connectivity index (χ1) is 8.40. The van der Waals surface area contributed by atoms with Crippen LogP contribution in [-0.2, 0) is 4.74 Å². The van der Waals surface area contributed by atoms with E-state index in [0.717, 1.165) is 12.8 Å². The predicted octanol–water partition coefficient (Wildman–Crippen LogP) is 2.97. The summed E-state index contributed by atoms with van der Waals surface area (Å²) < 4.78 is 5.16. The number of nitrogens with one attached hydrogen (secondary N) is 1. The lowest BCUT2D eigenvalue weighted by Gasteiger charge is -2.22. The number of alkyl carbamates (subject to hydrolysis) is 1. The van der Waals surface area contributed by atoms with Gasteiger partial charge in [-0.05, 0) is 39.5 Å². The van der Waals surface area contributed by atoms with E-state index >= 15 is 0 Å². The summed E-state index contributed by atoms with van der Waals surface area (Å²) in [6.45, 7) is 5.29. The second-order valence-electron chi connectivity index (χ2n) is 5.88. The van der Waals surface area contributed by atoms with Gasteiger partial charge in [0.05, 0.1) is 6.61 Å². The molecule has 4 nitrogen and oxygen atoms in total. The molecule has 104 valence electrons. The van der Waals surface area contributed by atoms with Gasteiger partial charge >= 0.3 is 6.09 Å². The van der Waals surface area contributed by atoms with E-state index < -0.39 is 11.7 Å². The average Bonchev–Trinajstić information content (AvgIpc) is 2.27. The van der Waals surface area contributed by atoms with E-state index in [1.54, 1.807) is 0 Å². The van der Waals surface area contributed by atoms with Crippen LogP contribution in [0.4, 0.5) is 4.79 Å². The molecule has 1 aliphatic rings. The summed E-state index contributed by atoms with van der Waals surface area (Å²) in [7, 11) is 0. The van der Waals surface area contributed by atoms with Crippen LogP contribution >= 0.6 is 0 Å². The molecule has 1 amide bonds. The third-order valence-corrected chi connectivity index (χ3v) is 2.92. The van der Waals surface area contributed by atoms with Crippen molar-refractivity contribution >= 4 is 6.09 Å². The molecule has 1 saturated carbocycles. The van der Waals surface area contributed by atoms with Crippen LogP contribution < -0.4 is 5.32 Å². The highest BCUT2D eigenvalue weighted by molar-refractivity contribution is 5.70. The Hall–Kier alpha value is -1.03. The van der Waals surface area contributed by atoms with Gasteiger partial charge in [0.25, 0.3) is 0 Å². The highest BCUT2D eigenvalue weighted by Gasteiger charge is 2.18. The smallest absolute Gasteiger partial charge is 0.411 e. The van der Waals surface area contributed by atoms with E-state index in [0.29, 0.717) is 11.6 Å². The predicted molar refractivity (Wildman–Crippen MR) is 71.1 cm³/mol. The summed E-state index contributed by atoms with van der Waals surface area (Å²) in [6.07, 6.45) is 7.50. The van der Waals surface area contributed by atoms with Crippen molar-refractivity contribution in [2.45, 2.75) is 58.5 Å². The minimum Gasteiger partial charge on any atom is -0.444 e. The van der Waals surface area contributed by atoms with Crippen molar-refractivity contribution in [1.82, 2.24) is 5.32 Å². The Morgan fingerprint density at radius 1 is 1.33 bits per heavy atom. The monoisotopic (exact) mass is 255 g/mol. The largest absolute Gasteiger partial charge is 0.444 e. The summed E-state index contributed by atoms with van der Waals surface area (Å²) in [5.41, 5.74) is 0.0336. The van der Waals surface area contributed by atoms with Crippen LogP contribution in [0.25, 0.3) is 0 Å². The molecule has 0 aliphatic heterocycles. The minimum atomic E-state index is -0.518. The summed E-state index contributed by atoms with van der Waals surface area (Å²) >= 11 is 0. The topological polar surface area (TPSA) is 58.6 Å². The number of aliphatic hydroxyl groups excluding tert-OH is 1. The Morgan fingerprint density at radius 2 is 1.94 bits per heavy atom. The zero-order valence-corrected chi connectivity index (χ0v) is 11.7. The number of carbonyl (C=O) groups excluding carboxylic acids is 1. The SMILES string of the molecule is CC(C)(C)OC(=O)N/C(=C/C1CCCCC1)CO. The van der Waals surface area contributed by atoms with E-state index in [9.17, 15) is 9.90 Å². The summed E-state index contributed by atoms with van der Waals surface area (Å²) in [5, 5.41) is 11.9. The summed E-state index contributed by atoms with van der Waals surface area (Å²) in [5.74, 6) is 0.468. The van der Waals surface area contributed by atoms with E-state index in [-0.39, 0.29) is 6.61 Å². The molecule has 18 heavy (non-hydrogen) atoms. The molecule has 2 N–H and O–H groups in total. The molecule has 0 aromatic carbocycles. The van der Waals surface area contributed by atoms with Crippen molar-refractivity contribution in [2.24, 2.45) is 5.92 Å². The van der Waals surface area contributed by atoms with Crippen molar-refractivity contribution < 1.29 is 14.6 Å². The molecule has 0 atom stereocenters. The summed E-state index contributed by atoms with van der Waals surface area (Å²) in [4.78, 5) is 11.6. The van der Waals surface area contributed by atoms with Gasteiger partial charge in [-0.2, -0.15) is 0 Å². The molecule has 0 aromatic heterocycles. The molecule has 0 spiro atoms. The molecule has 0 radical (unpaired) electrons. The van der Waals surface area contributed by atoms with E-state index in [4.69, 9.17) is 4.74 Å². The van der Waals surface area contributed by atoms with Gasteiger partial charge in [0.2, 0.25) is 0 Å². The molecule has 0 aromatic rings. The minimum absolute atomic E-state index is 0.157. The number of hydrogen-bond donors (Lipinski definition) is 2. The highest BCUT2D eigenvalue weighted by atomic mass is 16.6. The molecular formula is C14H25NO3. The molecule has 1 aliphatic carbocycles. The number of amides is 1. The van der Waals surface area contributed by atoms with Crippen molar-refractivity contribution in [3.05, 3.63) is 11.8 Å².